The molecule has 0 bridgehead atoms. The molecule has 0 aliphatic heterocycles. The Hall–Kier alpha value is -1.09. The van der Waals surface area contributed by atoms with Gasteiger partial charge in [0.1, 0.15) is 11.6 Å². The highest BCUT2D eigenvalue weighted by molar-refractivity contribution is 6.32. The molecule has 0 amide bonds. The number of halogens is 2. The summed E-state index contributed by atoms with van der Waals surface area (Å²) < 4.78 is 12.9. The van der Waals surface area contributed by atoms with Crippen LogP contribution in [-0.4, -0.2) is 10.9 Å². The van der Waals surface area contributed by atoms with Gasteiger partial charge in [-0.25, -0.2) is 4.39 Å². The van der Waals surface area contributed by atoms with Crippen molar-refractivity contribution in [2.45, 2.75) is 19.8 Å². The van der Waals surface area contributed by atoms with Crippen molar-refractivity contribution in [3.63, 3.8) is 0 Å². The molecular formula is C10H10ClFO2. The molecule has 0 atom stereocenters. The number of aromatic hydroxyl groups is 1. The highest BCUT2D eigenvalue weighted by Gasteiger charge is 2.14. The number of carbonyl (C=O) groups excluding carboxylic acids is 1. The largest absolute Gasteiger partial charge is 0.506 e. The molecule has 0 spiro atoms. The standard InChI is InChI=1S/C10H10ClFO2/c1-2-3-9(13)7-4-6(12)5-8(11)10(7)14/h4-5,14H,2-3H2,1H3. The third-order valence-corrected chi connectivity index (χ3v) is 2.09. The summed E-state index contributed by atoms with van der Waals surface area (Å²) >= 11 is 5.52. The van der Waals surface area contributed by atoms with Crippen LogP contribution in [0.4, 0.5) is 4.39 Å². The second-order valence-electron chi connectivity index (χ2n) is 2.96. The van der Waals surface area contributed by atoms with Crippen LogP contribution in [0.15, 0.2) is 12.1 Å². The Kier molecular flexibility index (Phi) is 3.47. The number of Topliss-reactive ketones (excluding diaryl/α,β-unsaturated/α-hetero) is 1. The average Bonchev–Trinajstić information content (AvgIpc) is 2.11. The molecule has 0 heterocycles. The number of carbonyl (C=O) groups is 1. The Labute approximate surface area is 86.3 Å². The van der Waals surface area contributed by atoms with Crippen molar-refractivity contribution in [2.24, 2.45) is 0 Å². The quantitative estimate of drug-likeness (QED) is 0.788. The average molecular weight is 217 g/mol. The normalized spacial score (nSPS) is 10.2. The van der Waals surface area contributed by atoms with Gasteiger partial charge in [0.25, 0.3) is 0 Å². The zero-order valence-corrected chi connectivity index (χ0v) is 8.44. The number of hydrogen-bond donors (Lipinski definition) is 1. The van der Waals surface area contributed by atoms with E-state index in [9.17, 15) is 14.3 Å². The van der Waals surface area contributed by atoms with Gasteiger partial charge in [-0.3, -0.25) is 4.79 Å². The Morgan fingerprint density at radius 1 is 1.57 bits per heavy atom. The number of benzene rings is 1. The number of phenols is 1. The van der Waals surface area contributed by atoms with Gasteiger partial charge in [-0.05, 0) is 18.6 Å². The summed E-state index contributed by atoms with van der Waals surface area (Å²) in [5, 5.41) is 9.26. The Bertz CT molecular complexity index is 363. The maximum Gasteiger partial charge on any atom is 0.166 e. The molecule has 0 aliphatic carbocycles. The third kappa shape index (κ3) is 2.23. The van der Waals surface area contributed by atoms with Crippen molar-refractivity contribution in [1.82, 2.24) is 0 Å². The fourth-order valence-electron chi connectivity index (χ4n) is 1.14. The predicted molar refractivity (Wildman–Crippen MR) is 52.3 cm³/mol. The lowest BCUT2D eigenvalue weighted by molar-refractivity contribution is 0.0978. The molecule has 76 valence electrons. The summed E-state index contributed by atoms with van der Waals surface area (Å²) in [6.45, 7) is 1.83. The molecule has 4 heteroatoms. The monoisotopic (exact) mass is 216 g/mol. The summed E-state index contributed by atoms with van der Waals surface area (Å²) in [7, 11) is 0. The fraction of sp³-hybridized carbons (Fsp3) is 0.300. The van der Waals surface area contributed by atoms with Crippen molar-refractivity contribution in [3.05, 3.63) is 28.5 Å². The van der Waals surface area contributed by atoms with Crippen LogP contribution in [0.5, 0.6) is 5.75 Å². The first kappa shape index (κ1) is 11.0. The van der Waals surface area contributed by atoms with E-state index >= 15 is 0 Å². The number of phenolic OH excluding ortho intramolecular Hbond substituents is 1. The summed E-state index contributed by atoms with van der Waals surface area (Å²) in [5.41, 5.74) is -0.0446. The zero-order valence-electron chi connectivity index (χ0n) is 7.68. The Morgan fingerprint density at radius 3 is 2.79 bits per heavy atom. The van der Waals surface area contributed by atoms with E-state index < -0.39 is 5.82 Å². The van der Waals surface area contributed by atoms with Gasteiger partial charge in [-0.1, -0.05) is 18.5 Å². The molecule has 1 N–H and O–H groups in total. The lowest BCUT2D eigenvalue weighted by atomic mass is 10.1. The molecule has 1 rings (SSSR count). The number of ketones is 1. The van der Waals surface area contributed by atoms with E-state index in [4.69, 9.17) is 11.6 Å². The van der Waals surface area contributed by atoms with Crippen molar-refractivity contribution >= 4 is 17.4 Å². The van der Waals surface area contributed by atoms with Crippen LogP contribution in [0.2, 0.25) is 5.02 Å². The van der Waals surface area contributed by atoms with E-state index in [0.29, 0.717) is 6.42 Å². The fourth-order valence-corrected chi connectivity index (χ4v) is 1.35. The molecule has 0 saturated heterocycles. The van der Waals surface area contributed by atoms with E-state index in [1.807, 2.05) is 6.92 Å². The molecule has 1 aromatic carbocycles. The van der Waals surface area contributed by atoms with Crippen molar-refractivity contribution in [1.29, 1.82) is 0 Å². The van der Waals surface area contributed by atoms with Crippen LogP contribution >= 0.6 is 11.6 Å². The molecule has 1 aromatic rings. The first-order chi connectivity index (χ1) is 6.56. The molecule has 0 saturated carbocycles. The van der Waals surface area contributed by atoms with Gasteiger partial charge in [0.2, 0.25) is 0 Å². The number of rotatable bonds is 3. The first-order valence-electron chi connectivity index (χ1n) is 4.27. The maximum absolute atomic E-state index is 12.9. The van der Waals surface area contributed by atoms with Crippen molar-refractivity contribution < 1.29 is 14.3 Å². The van der Waals surface area contributed by atoms with Crippen LogP contribution in [0.1, 0.15) is 30.1 Å². The highest BCUT2D eigenvalue weighted by Crippen LogP contribution is 2.29. The Morgan fingerprint density at radius 2 is 2.21 bits per heavy atom. The van der Waals surface area contributed by atoms with Crippen LogP contribution in [-0.2, 0) is 0 Å². The maximum atomic E-state index is 12.9. The predicted octanol–water partition coefficient (Wildman–Crippen LogP) is 3.17. The van der Waals surface area contributed by atoms with Crippen molar-refractivity contribution in [2.75, 3.05) is 0 Å². The zero-order chi connectivity index (χ0) is 10.7. The van der Waals surface area contributed by atoms with Gasteiger partial charge in [0, 0.05) is 6.42 Å². The van der Waals surface area contributed by atoms with Gasteiger partial charge in [0.15, 0.2) is 5.78 Å². The summed E-state index contributed by atoms with van der Waals surface area (Å²) in [6.07, 6.45) is 0.916. The van der Waals surface area contributed by atoms with Crippen LogP contribution in [0.25, 0.3) is 0 Å². The molecule has 0 radical (unpaired) electrons. The van der Waals surface area contributed by atoms with E-state index in [1.54, 1.807) is 0 Å². The molecular weight excluding hydrogens is 207 g/mol. The SMILES string of the molecule is CCCC(=O)c1cc(F)cc(Cl)c1O. The van der Waals surface area contributed by atoms with Crippen LogP contribution < -0.4 is 0 Å². The first-order valence-corrected chi connectivity index (χ1v) is 4.65. The minimum Gasteiger partial charge on any atom is -0.506 e. The molecule has 14 heavy (non-hydrogen) atoms. The second kappa shape index (κ2) is 4.42. The van der Waals surface area contributed by atoms with Gasteiger partial charge < -0.3 is 5.11 Å². The van der Waals surface area contributed by atoms with Gasteiger partial charge in [-0.2, -0.15) is 0 Å². The van der Waals surface area contributed by atoms with Gasteiger partial charge in [-0.15, -0.1) is 0 Å². The summed E-state index contributed by atoms with van der Waals surface area (Å²) in [4.78, 5) is 11.4. The minimum absolute atomic E-state index is 0.0446. The molecule has 0 aromatic heterocycles. The minimum atomic E-state index is -0.618. The molecule has 0 unspecified atom stereocenters. The summed E-state index contributed by atoms with van der Waals surface area (Å²) in [5.74, 6) is -1.26. The van der Waals surface area contributed by atoms with E-state index in [2.05, 4.69) is 0 Å². The smallest absolute Gasteiger partial charge is 0.166 e. The van der Waals surface area contributed by atoms with E-state index in [0.717, 1.165) is 12.1 Å². The number of hydrogen-bond acceptors (Lipinski definition) is 2. The van der Waals surface area contributed by atoms with Gasteiger partial charge in [0.05, 0.1) is 10.6 Å². The van der Waals surface area contributed by atoms with E-state index in [1.165, 1.54) is 0 Å². The van der Waals surface area contributed by atoms with Gasteiger partial charge >= 0.3 is 0 Å². The van der Waals surface area contributed by atoms with Crippen molar-refractivity contribution in [3.8, 4) is 5.75 Å². The second-order valence-corrected chi connectivity index (χ2v) is 3.36. The summed E-state index contributed by atoms with van der Waals surface area (Å²) in [6, 6.07) is 1.97. The van der Waals surface area contributed by atoms with Crippen LogP contribution in [0, 0.1) is 5.82 Å². The lowest BCUT2D eigenvalue weighted by Gasteiger charge is -2.04. The molecule has 0 fully saturated rings. The third-order valence-electron chi connectivity index (χ3n) is 1.81. The lowest BCUT2D eigenvalue weighted by Crippen LogP contribution is -1.99. The molecule has 2 nitrogen and oxygen atoms in total. The molecule has 0 aliphatic rings. The van der Waals surface area contributed by atoms with Crippen LogP contribution in [0.3, 0.4) is 0 Å². The topological polar surface area (TPSA) is 37.3 Å². The van der Waals surface area contributed by atoms with E-state index in [-0.39, 0.29) is 28.5 Å². The highest BCUT2D eigenvalue weighted by atomic mass is 35.5. The Balaban J connectivity index is 3.13.